The van der Waals surface area contributed by atoms with Crippen molar-refractivity contribution in [2.75, 3.05) is 87.2 Å². The lowest BCUT2D eigenvalue weighted by atomic mass is 9.55. The van der Waals surface area contributed by atoms with E-state index < -0.39 is 35.1 Å². The standard InChI is InChI=1S/C54H62F4N10O4/c1-2-37-40(55)7-3-32-21-36(69)23-38(45(32)37)47-46(57)48-39(24-59-47)49(68-25-33-4-5-34(26-68)60-33)64-51(63-48)72-31-53(11-12-53)29-65-15-13-52(14-16-65)27-54(58,28-52)30-66-17-19-67(20-18-66)35-6-8-42(41(56)22-35)61-43-9-10-44(70)62-50(43)71/h3,6-8,21-24,33-34,43,60-61,69H,2,4-5,9-20,25-31H2,1H3,(H,62,70,71). The highest BCUT2D eigenvalue weighted by atomic mass is 19.1. The maximum absolute atomic E-state index is 17.2. The first-order chi connectivity index (χ1) is 34.7. The molecule has 3 aromatic carbocycles. The number of phenolic OH excluding ortho intramolecular Hbond substituents is 1. The third kappa shape index (κ3) is 9.05. The van der Waals surface area contributed by atoms with Crippen LogP contribution in [0.25, 0.3) is 32.9 Å². The van der Waals surface area contributed by atoms with Crippen LogP contribution in [0.5, 0.6) is 11.8 Å². The Morgan fingerprint density at radius 2 is 1.60 bits per heavy atom. The van der Waals surface area contributed by atoms with Crippen molar-refractivity contribution in [1.82, 2.24) is 35.4 Å². The molecular weight excluding hydrogens is 929 g/mol. The number of piperidine rings is 2. The van der Waals surface area contributed by atoms with E-state index >= 15 is 17.6 Å². The van der Waals surface area contributed by atoms with Gasteiger partial charge in [-0.3, -0.25) is 24.8 Å². The number of benzene rings is 3. The number of anilines is 3. The molecule has 2 aromatic heterocycles. The van der Waals surface area contributed by atoms with Crippen molar-refractivity contribution in [3.63, 3.8) is 0 Å². The van der Waals surface area contributed by atoms with E-state index in [1.54, 1.807) is 24.4 Å². The van der Waals surface area contributed by atoms with Crippen LogP contribution in [0.2, 0.25) is 0 Å². The predicted octanol–water partition coefficient (Wildman–Crippen LogP) is 7.25. The summed E-state index contributed by atoms with van der Waals surface area (Å²) in [6.07, 6.45) is 9.60. The third-order valence-electron chi connectivity index (χ3n) is 17.0. The number of hydrogen-bond donors (Lipinski definition) is 4. The molecule has 7 aliphatic rings. The number of aryl methyl sites for hydroxylation is 1. The van der Waals surface area contributed by atoms with E-state index in [2.05, 4.69) is 40.5 Å². The Balaban J connectivity index is 0.671. The van der Waals surface area contributed by atoms with E-state index in [1.165, 1.54) is 18.2 Å². The van der Waals surface area contributed by atoms with Gasteiger partial charge in [0.25, 0.3) is 0 Å². The lowest BCUT2D eigenvalue weighted by molar-refractivity contribution is -0.133. The van der Waals surface area contributed by atoms with Gasteiger partial charge in [0, 0.05) is 93.7 Å². The van der Waals surface area contributed by atoms with Crippen LogP contribution in [0.3, 0.4) is 0 Å². The number of rotatable bonds is 13. The second-order valence-corrected chi connectivity index (χ2v) is 22.2. The van der Waals surface area contributed by atoms with Gasteiger partial charge in [-0.05, 0) is 135 Å². The normalized spacial score (nSPS) is 24.7. The summed E-state index contributed by atoms with van der Waals surface area (Å²) in [5.41, 5.74) is 0.404. The first kappa shape index (κ1) is 47.2. The second-order valence-electron chi connectivity index (χ2n) is 22.2. The van der Waals surface area contributed by atoms with Crippen molar-refractivity contribution < 1.29 is 37.0 Å². The molecule has 3 unspecified atom stereocenters. The van der Waals surface area contributed by atoms with Crippen LogP contribution in [-0.4, -0.2) is 138 Å². The fourth-order valence-corrected chi connectivity index (χ4v) is 13.1. The van der Waals surface area contributed by atoms with Crippen molar-refractivity contribution >= 4 is 50.7 Å². The number of piperazine rings is 2. The molecule has 4 N–H and O–H groups in total. The van der Waals surface area contributed by atoms with E-state index in [4.69, 9.17) is 14.7 Å². The van der Waals surface area contributed by atoms with Gasteiger partial charge >= 0.3 is 6.01 Å². The molecule has 2 aliphatic carbocycles. The SMILES string of the molecule is CCc1c(F)ccc2cc(O)cc(-c3ncc4c(N5CC6CCC(C5)N6)nc(OCC5(CN6CCC7(CC6)CC(F)(CN6CCN(c8ccc(NC9CCC(=O)NC9=O)c(F)c8)CC6)C7)CC5)nc4c3F)c12. The fraction of sp³-hybridized carbons (Fsp3) is 0.537. The zero-order valence-electron chi connectivity index (χ0n) is 40.7. The number of fused-ring (bicyclic) bond motifs is 4. The number of imide groups is 1. The molecule has 72 heavy (non-hydrogen) atoms. The second kappa shape index (κ2) is 18.3. The van der Waals surface area contributed by atoms with Crippen LogP contribution >= 0.6 is 0 Å². The van der Waals surface area contributed by atoms with Crippen molar-refractivity contribution in [3.05, 3.63) is 71.7 Å². The number of aromatic nitrogens is 3. The summed E-state index contributed by atoms with van der Waals surface area (Å²) in [5, 5.41) is 21.2. The molecule has 18 heteroatoms. The summed E-state index contributed by atoms with van der Waals surface area (Å²) >= 11 is 0. The van der Waals surface area contributed by atoms with Crippen molar-refractivity contribution in [1.29, 1.82) is 0 Å². The molecule has 5 saturated heterocycles. The quantitative estimate of drug-likeness (QED) is 0.0694. The number of phenols is 1. The zero-order valence-corrected chi connectivity index (χ0v) is 40.7. The molecule has 7 fully saturated rings. The van der Waals surface area contributed by atoms with Gasteiger partial charge in [-0.2, -0.15) is 9.97 Å². The summed E-state index contributed by atoms with van der Waals surface area (Å²) < 4.78 is 70.5. The summed E-state index contributed by atoms with van der Waals surface area (Å²) in [6.45, 7) is 9.35. The van der Waals surface area contributed by atoms with Gasteiger partial charge in [0.2, 0.25) is 11.8 Å². The number of carbonyl (C=O) groups excluding carboxylic acids is 2. The number of alkyl halides is 1. The molecule has 2 bridgehead atoms. The number of ether oxygens (including phenoxy) is 1. The Labute approximate surface area is 415 Å². The third-order valence-corrected chi connectivity index (χ3v) is 17.0. The smallest absolute Gasteiger partial charge is 0.319 e. The molecule has 0 radical (unpaired) electrons. The lowest BCUT2D eigenvalue weighted by Crippen LogP contribution is -2.60. The highest BCUT2D eigenvalue weighted by Gasteiger charge is 2.57. The number of hydrogen-bond acceptors (Lipinski definition) is 13. The first-order valence-corrected chi connectivity index (χ1v) is 26.0. The number of amides is 2. The Kier molecular flexibility index (Phi) is 12.0. The van der Waals surface area contributed by atoms with E-state index in [0.29, 0.717) is 123 Å². The Morgan fingerprint density at radius 1 is 0.847 bits per heavy atom. The minimum atomic E-state index is -1.22. The Bertz CT molecular complexity index is 2940. The summed E-state index contributed by atoms with van der Waals surface area (Å²) in [6, 6.07) is 10.9. The van der Waals surface area contributed by atoms with Crippen LogP contribution in [0.1, 0.15) is 76.7 Å². The van der Waals surface area contributed by atoms with Gasteiger partial charge in [0.05, 0.1) is 17.7 Å². The number of likely N-dealkylation sites (tertiary alicyclic amines) is 1. The summed E-state index contributed by atoms with van der Waals surface area (Å²) in [5.74, 6) is -1.82. The minimum absolute atomic E-state index is 0.00897. The number of pyridine rings is 1. The molecule has 7 heterocycles. The van der Waals surface area contributed by atoms with Crippen molar-refractivity contribution in [3.8, 4) is 23.0 Å². The number of carbonyl (C=O) groups is 2. The molecule has 5 aliphatic heterocycles. The van der Waals surface area contributed by atoms with Crippen LogP contribution in [0.15, 0.2) is 48.7 Å². The van der Waals surface area contributed by atoms with Gasteiger partial charge < -0.3 is 35.2 Å². The summed E-state index contributed by atoms with van der Waals surface area (Å²) in [4.78, 5) is 47.0. The van der Waals surface area contributed by atoms with Gasteiger partial charge in [-0.1, -0.05) is 13.0 Å². The fourth-order valence-electron chi connectivity index (χ4n) is 13.1. The Morgan fingerprint density at radius 3 is 2.31 bits per heavy atom. The molecule has 1 spiro atoms. The zero-order chi connectivity index (χ0) is 49.5. The average molecular weight is 991 g/mol. The maximum atomic E-state index is 17.2. The first-order valence-electron chi connectivity index (χ1n) is 26.0. The van der Waals surface area contributed by atoms with Gasteiger partial charge in [0.15, 0.2) is 5.82 Å². The highest BCUT2D eigenvalue weighted by molar-refractivity contribution is 6.02. The predicted molar refractivity (Wildman–Crippen MR) is 267 cm³/mol. The van der Waals surface area contributed by atoms with Gasteiger partial charge in [-0.15, -0.1) is 0 Å². The van der Waals surface area contributed by atoms with Crippen LogP contribution in [-0.2, 0) is 16.0 Å². The number of halogens is 4. The molecule has 3 atom stereocenters. The average Bonchev–Trinajstić information content (AvgIpc) is 4.04. The van der Waals surface area contributed by atoms with Gasteiger partial charge in [-0.25, -0.2) is 17.6 Å². The molecule has 5 aromatic rings. The molecule has 380 valence electrons. The highest BCUT2D eigenvalue weighted by Crippen LogP contribution is 2.58. The monoisotopic (exact) mass is 990 g/mol. The minimum Gasteiger partial charge on any atom is -0.508 e. The molecule has 14 nitrogen and oxygen atoms in total. The van der Waals surface area contributed by atoms with E-state index in [9.17, 15) is 14.7 Å². The topological polar surface area (TPSA) is 151 Å². The molecular formula is C54H62F4N10O4. The lowest BCUT2D eigenvalue weighted by Gasteiger charge is -2.57. The molecule has 2 amide bonds. The van der Waals surface area contributed by atoms with Crippen LogP contribution in [0, 0.1) is 28.3 Å². The van der Waals surface area contributed by atoms with E-state index in [0.717, 1.165) is 63.8 Å². The van der Waals surface area contributed by atoms with Crippen molar-refractivity contribution in [2.45, 2.75) is 101 Å². The van der Waals surface area contributed by atoms with Crippen LogP contribution < -0.4 is 30.5 Å². The Hall–Kier alpha value is -5.85. The van der Waals surface area contributed by atoms with Crippen LogP contribution in [0.4, 0.5) is 34.8 Å². The van der Waals surface area contributed by atoms with Gasteiger partial charge in [0.1, 0.15) is 46.1 Å². The number of nitrogens with one attached hydrogen (secondary N) is 3. The molecule has 2 saturated carbocycles. The maximum Gasteiger partial charge on any atom is 0.319 e. The van der Waals surface area contributed by atoms with E-state index in [1.807, 2.05) is 13.0 Å². The number of aromatic hydroxyl groups is 1. The molecule has 12 rings (SSSR count). The van der Waals surface area contributed by atoms with E-state index in [-0.39, 0.29) is 51.8 Å². The number of nitrogens with zero attached hydrogens (tertiary/aromatic N) is 7. The summed E-state index contributed by atoms with van der Waals surface area (Å²) in [7, 11) is 0. The largest absolute Gasteiger partial charge is 0.508 e. The van der Waals surface area contributed by atoms with Crippen molar-refractivity contribution in [2.24, 2.45) is 10.8 Å².